The highest BCUT2D eigenvalue weighted by Gasteiger charge is 2.40. The van der Waals surface area contributed by atoms with Gasteiger partial charge in [0.2, 0.25) is 5.91 Å². The van der Waals surface area contributed by atoms with Crippen molar-refractivity contribution in [1.29, 1.82) is 0 Å². The summed E-state index contributed by atoms with van der Waals surface area (Å²) in [4.78, 5) is 24.7. The molecule has 0 bridgehead atoms. The van der Waals surface area contributed by atoms with E-state index in [-0.39, 0.29) is 5.91 Å². The molecule has 5 heteroatoms. The Labute approximate surface area is 159 Å². The number of aliphatic hydroxyl groups is 1. The Balaban J connectivity index is 1.94. The smallest absolute Gasteiger partial charge is 0.329 e. The van der Waals surface area contributed by atoms with Crippen molar-refractivity contribution in [1.82, 2.24) is 4.90 Å². The number of carbonyl (C=O) groups excluding carboxylic acids is 1. The molecule has 1 heterocycles. The minimum atomic E-state index is -1.10. The van der Waals surface area contributed by atoms with Gasteiger partial charge in [0.15, 0.2) is 6.04 Å². The van der Waals surface area contributed by atoms with Crippen LogP contribution in [0.4, 0.5) is 0 Å². The summed E-state index contributed by atoms with van der Waals surface area (Å²) in [5.41, 5.74) is 0. The van der Waals surface area contributed by atoms with Gasteiger partial charge in [0, 0.05) is 13.0 Å². The zero-order valence-corrected chi connectivity index (χ0v) is 16.6. The lowest BCUT2D eigenvalue weighted by atomic mass is 10.0. The topological polar surface area (TPSA) is 77.8 Å². The second-order valence-corrected chi connectivity index (χ2v) is 7.72. The second-order valence-electron chi connectivity index (χ2n) is 7.72. The third kappa shape index (κ3) is 9.02. The summed E-state index contributed by atoms with van der Waals surface area (Å²) in [6.45, 7) is 2.61. The molecule has 0 saturated carbocycles. The normalized spacial score (nSPS) is 19.8. The lowest BCUT2D eigenvalue weighted by molar-refractivity contribution is -0.151. The number of rotatable bonds is 15. The molecule has 1 rings (SSSR count). The van der Waals surface area contributed by atoms with Crippen LogP contribution < -0.4 is 0 Å². The molecule has 1 aliphatic rings. The van der Waals surface area contributed by atoms with E-state index in [4.69, 9.17) is 5.11 Å². The number of aliphatic hydroxyl groups excluding tert-OH is 1. The molecule has 0 aromatic heterocycles. The van der Waals surface area contributed by atoms with Crippen LogP contribution in [0.15, 0.2) is 0 Å². The number of carboxylic acid groups (broad SMARTS) is 1. The van der Waals surface area contributed by atoms with Crippen molar-refractivity contribution < 1.29 is 19.8 Å². The van der Waals surface area contributed by atoms with E-state index >= 15 is 0 Å². The Bertz CT molecular complexity index is 399. The van der Waals surface area contributed by atoms with Crippen LogP contribution in [-0.4, -0.2) is 45.7 Å². The van der Waals surface area contributed by atoms with E-state index in [9.17, 15) is 14.7 Å². The van der Waals surface area contributed by atoms with E-state index in [1.54, 1.807) is 0 Å². The van der Waals surface area contributed by atoms with E-state index in [0.717, 1.165) is 19.3 Å². The van der Waals surface area contributed by atoms with Gasteiger partial charge in [-0.15, -0.1) is 0 Å². The summed E-state index contributed by atoms with van der Waals surface area (Å²) in [6, 6.07) is -1.05. The SMILES string of the molecule is CCCCCCCCCCCCCCCC(=O)N1CC[C@@H](O)[C@H]1C(=O)O. The van der Waals surface area contributed by atoms with Crippen LogP contribution in [0.1, 0.15) is 103 Å². The fourth-order valence-electron chi connectivity index (χ4n) is 3.79. The summed E-state index contributed by atoms with van der Waals surface area (Å²) >= 11 is 0. The molecule has 1 saturated heterocycles. The third-order valence-electron chi connectivity index (χ3n) is 5.43. The molecule has 2 N–H and O–H groups in total. The Morgan fingerprint density at radius 3 is 1.77 bits per heavy atom. The standard InChI is InChI=1S/C21H39NO4/c1-2-3-4-5-6-7-8-9-10-11-12-13-14-15-19(24)22-17-16-18(23)20(22)21(25)26/h18,20,23H,2-17H2,1H3,(H,25,26)/t18-,20+/m1/s1. The molecule has 0 radical (unpaired) electrons. The highest BCUT2D eigenvalue weighted by molar-refractivity contribution is 5.84. The lowest BCUT2D eigenvalue weighted by Crippen LogP contribution is -2.44. The molecule has 1 aliphatic heterocycles. The number of carboxylic acids is 1. The van der Waals surface area contributed by atoms with E-state index in [2.05, 4.69) is 6.92 Å². The molecule has 26 heavy (non-hydrogen) atoms. The van der Waals surface area contributed by atoms with Crippen LogP contribution in [0.2, 0.25) is 0 Å². The molecule has 2 atom stereocenters. The Kier molecular flexibility index (Phi) is 12.4. The van der Waals surface area contributed by atoms with E-state index < -0.39 is 18.1 Å². The minimum Gasteiger partial charge on any atom is -0.480 e. The molecule has 0 spiro atoms. The van der Waals surface area contributed by atoms with Crippen molar-refractivity contribution in [3.8, 4) is 0 Å². The monoisotopic (exact) mass is 369 g/mol. The molecule has 152 valence electrons. The maximum absolute atomic E-state index is 12.2. The Morgan fingerprint density at radius 1 is 0.846 bits per heavy atom. The van der Waals surface area contributed by atoms with Gasteiger partial charge in [-0.2, -0.15) is 0 Å². The number of amides is 1. The van der Waals surface area contributed by atoms with Crippen LogP contribution >= 0.6 is 0 Å². The number of likely N-dealkylation sites (tertiary alicyclic amines) is 1. The van der Waals surface area contributed by atoms with Crippen molar-refractivity contribution in [3.05, 3.63) is 0 Å². The first-order valence-corrected chi connectivity index (χ1v) is 10.8. The molecular weight excluding hydrogens is 330 g/mol. The Hall–Kier alpha value is -1.10. The fraction of sp³-hybridized carbons (Fsp3) is 0.905. The first-order chi connectivity index (χ1) is 12.6. The zero-order chi connectivity index (χ0) is 19.2. The van der Waals surface area contributed by atoms with Crippen molar-refractivity contribution >= 4 is 11.9 Å². The first kappa shape index (κ1) is 22.9. The molecule has 0 aliphatic carbocycles. The highest BCUT2D eigenvalue weighted by Crippen LogP contribution is 2.20. The quantitative estimate of drug-likeness (QED) is 0.416. The lowest BCUT2D eigenvalue weighted by Gasteiger charge is -2.22. The van der Waals surface area contributed by atoms with Gasteiger partial charge in [-0.05, 0) is 12.8 Å². The van der Waals surface area contributed by atoms with Crippen molar-refractivity contribution in [3.63, 3.8) is 0 Å². The van der Waals surface area contributed by atoms with E-state index in [0.29, 0.717) is 19.4 Å². The first-order valence-electron chi connectivity index (χ1n) is 10.8. The number of nitrogens with zero attached hydrogens (tertiary/aromatic N) is 1. The predicted octanol–water partition coefficient (Wildman–Crippen LogP) is 4.51. The maximum Gasteiger partial charge on any atom is 0.329 e. The molecule has 1 fully saturated rings. The summed E-state index contributed by atoms with van der Waals surface area (Å²) in [5.74, 6) is -1.23. The van der Waals surface area contributed by atoms with E-state index in [1.165, 1.54) is 69.1 Å². The predicted molar refractivity (Wildman–Crippen MR) is 104 cm³/mol. The summed E-state index contributed by atoms with van der Waals surface area (Å²) in [7, 11) is 0. The van der Waals surface area contributed by atoms with Gasteiger partial charge in [-0.3, -0.25) is 4.79 Å². The van der Waals surface area contributed by atoms with Gasteiger partial charge < -0.3 is 15.1 Å². The average molecular weight is 370 g/mol. The van der Waals surface area contributed by atoms with Crippen LogP contribution in [0.25, 0.3) is 0 Å². The molecular formula is C21H39NO4. The third-order valence-corrected chi connectivity index (χ3v) is 5.43. The summed E-state index contributed by atoms with van der Waals surface area (Å²) < 4.78 is 0. The van der Waals surface area contributed by atoms with Crippen LogP contribution in [0, 0.1) is 0 Å². The van der Waals surface area contributed by atoms with Crippen molar-refractivity contribution in [2.45, 2.75) is 115 Å². The van der Waals surface area contributed by atoms with Crippen molar-refractivity contribution in [2.75, 3.05) is 6.54 Å². The summed E-state index contributed by atoms with van der Waals surface area (Å²) in [6.07, 6.45) is 16.2. The average Bonchev–Trinajstić information content (AvgIpc) is 3.00. The molecule has 0 aromatic rings. The van der Waals surface area contributed by atoms with Gasteiger partial charge in [0.05, 0.1) is 6.10 Å². The number of unbranched alkanes of at least 4 members (excludes halogenated alkanes) is 12. The molecule has 5 nitrogen and oxygen atoms in total. The van der Waals surface area contributed by atoms with Gasteiger partial charge in [0.1, 0.15) is 0 Å². The van der Waals surface area contributed by atoms with E-state index in [1.807, 2.05) is 0 Å². The zero-order valence-electron chi connectivity index (χ0n) is 16.6. The van der Waals surface area contributed by atoms with Crippen LogP contribution in [-0.2, 0) is 9.59 Å². The van der Waals surface area contributed by atoms with Crippen LogP contribution in [0.3, 0.4) is 0 Å². The molecule has 0 aromatic carbocycles. The van der Waals surface area contributed by atoms with Gasteiger partial charge in [-0.1, -0.05) is 84.0 Å². The van der Waals surface area contributed by atoms with Gasteiger partial charge in [-0.25, -0.2) is 4.79 Å². The van der Waals surface area contributed by atoms with Crippen LogP contribution in [0.5, 0.6) is 0 Å². The number of aliphatic carboxylic acids is 1. The maximum atomic E-state index is 12.2. The number of carbonyl (C=O) groups is 2. The fourth-order valence-corrected chi connectivity index (χ4v) is 3.79. The van der Waals surface area contributed by atoms with Gasteiger partial charge >= 0.3 is 5.97 Å². The second kappa shape index (κ2) is 14.0. The Morgan fingerprint density at radius 2 is 1.31 bits per heavy atom. The van der Waals surface area contributed by atoms with Crippen molar-refractivity contribution in [2.24, 2.45) is 0 Å². The molecule has 1 amide bonds. The number of hydrogen-bond donors (Lipinski definition) is 2. The highest BCUT2D eigenvalue weighted by atomic mass is 16.4. The summed E-state index contributed by atoms with van der Waals surface area (Å²) in [5, 5.41) is 18.8. The largest absolute Gasteiger partial charge is 0.480 e. The number of hydrogen-bond acceptors (Lipinski definition) is 3. The van der Waals surface area contributed by atoms with Gasteiger partial charge in [0.25, 0.3) is 0 Å². The molecule has 0 unspecified atom stereocenters. The minimum absolute atomic E-state index is 0.128.